The Labute approximate surface area is 160 Å². The molecule has 0 aromatic heterocycles. The monoisotopic (exact) mass is 359 g/mol. The molecule has 26 heavy (non-hydrogen) atoms. The first kappa shape index (κ1) is 17.9. The zero-order valence-corrected chi connectivity index (χ0v) is 16.7. The van der Waals surface area contributed by atoms with Gasteiger partial charge in [-0.3, -0.25) is 10.9 Å². The zero-order chi connectivity index (χ0) is 17.3. The first-order valence-electron chi connectivity index (χ1n) is 12.1. The minimum atomic E-state index is 0.664. The molecule has 5 fully saturated rings. The molecule has 3 N–H and O–H groups in total. The van der Waals surface area contributed by atoms with Crippen molar-refractivity contribution in [3.05, 3.63) is 0 Å². The average molecular weight is 360 g/mol. The van der Waals surface area contributed by atoms with Gasteiger partial charge in [0, 0.05) is 18.6 Å². The Morgan fingerprint density at radius 2 is 1.27 bits per heavy atom. The highest BCUT2D eigenvalue weighted by Crippen LogP contribution is 2.46. The van der Waals surface area contributed by atoms with E-state index in [1.807, 2.05) is 0 Å². The van der Waals surface area contributed by atoms with Crippen LogP contribution in [0.1, 0.15) is 83.5 Å². The summed E-state index contributed by atoms with van der Waals surface area (Å²) in [6.07, 6.45) is 19.5. The van der Waals surface area contributed by atoms with Crippen molar-refractivity contribution in [3.63, 3.8) is 0 Å². The molecular formula is C23H41N3. The largest absolute Gasteiger partial charge is 0.312 e. The molecule has 148 valence electrons. The lowest BCUT2D eigenvalue weighted by molar-refractivity contribution is 0.0408. The van der Waals surface area contributed by atoms with Crippen molar-refractivity contribution >= 4 is 0 Å². The van der Waals surface area contributed by atoms with E-state index in [2.05, 4.69) is 16.2 Å². The van der Waals surface area contributed by atoms with E-state index in [1.54, 1.807) is 6.42 Å². The molecule has 2 heterocycles. The van der Waals surface area contributed by atoms with E-state index in [4.69, 9.17) is 0 Å². The van der Waals surface area contributed by atoms with Gasteiger partial charge in [0.2, 0.25) is 0 Å². The first-order valence-corrected chi connectivity index (χ1v) is 12.1. The van der Waals surface area contributed by atoms with Gasteiger partial charge in [-0.25, -0.2) is 0 Å². The smallest absolute Gasteiger partial charge is 0.0397 e. The van der Waals surface area contributed by atoms with Crippen LogP contribution < -0.4 is 16.2 Å². The first-order chi connectivity index (χ1) is 12.9. The number of fused-ring (bicyclic) bond motifs is 8. The van der Waals surface area contributed by atoms with Crippen molar-refractivity contribution in [2.75, 3.05) is 13.1 Å². The lowest BCUT2D eigenvalue weighted by atomic mass is 9.66. The van der Waals surface area contributed by atoms with Gasteiger partial charge in [-0.1, -0.05) is 51.4 Å². The van der Waals surface area contributed by atoms with E-state index in [0.717, 1.165) is 41.5 Å². The van der Waals surface area contributed by atoms with Crippen molar-refractivity contribution in [3.8, 4) is 0 Å². The van der Waals surface area contributed by atoms with E-state index >= 15 is 0 Å². The number of hydrogen-bond donors (Lipinski definition) is 3. The number of nitrogens with one attached hydrogen (secondary N) is 3. The van der Waals surface area contributed by atoms with Crippen molar-refractivity contribution in [1.82, 2.24) is 16.2 Å². The summed E-state index contributed by atoms with van der Waals surface area (Å²) >= 11 is 0. The van der Waals surface area contributed by atoms with Crippen LogP contribution in [0.15, 0.2) is 0 Å². The molecule has 3 nitrogen and oxygen atoms in total. The van der Waals surface area contributed by atoms with E-state index in [-0.39, 0.29) is 0 Å². The van der Waals surface area contributed by atoms with Crippen LogP contribution >= 0.6 is 0 Å². The van der Waals surface area contributed by atoms with Gasteiger partial charge in [-0.15, -0.1) is 0 Å². The normalized spacial score (nSPS) is 49.8. The standard InChI is InChI=1S/C23H41N3/c1-2-8-18-14-19(9-3-1)22-23-21(15-25-26-22)20(12-13-24-23)17-7-5-4-6-16(18)10-11-17/h16-26H,1-15H2. The Morgan fingerprint density at radius 3 is 2.19 bits per heavy atom. The third-order valence-corrected chi connectivity index (χ3v) is 9.21. The number of hydrogen-bond acceptors (Lipinski definition) is 3. The highest BCUT2D eigenvalue weighted by Gasteiger charge is 2.46. The minimum Gasteiger partial charge on any atom is -0.312 e. The summed E-state index contributed by atoms with van der Waals surface area (Å²) in [5.41, 5.74) is 7.51. The molecule has 2 aliphatic heterocycles. The molecule has 8 bridgehead atoms. The Bertz CT molecular complexity index is 466. The molecule has 5 aliphatic rings. The predicted molar refractivity (Wildman–Crippen MR) is 108 cm³/mol. The maximum absolute atomic E-state index is 4.02. The molecule has 3 heteroatoms. The summed E-state index contributed by atoms with van der Waals surface area (Å²) in [5.74, 6) is 5.78. The van der Waals surface area contributed by atoms with Gasteiger partial charge in [0.05, 0.1) is 0 Å². The number of hydrazine groups is 1. The number of piperidine rings is 1. The third-order valence-electron chi connectivity index (χ3n) is 9.21. The van der Waals surface area contributed by atoms with Crippen LogP contribution in [-0.2, 0) is 0 Å². The second-order valence-electron chi connectivity index (χ2n) is 10.4. The molecule has 0 aromatic rings. The zero-order valence-electron chi connectivity index (χ0n) is 16.7. The molecule has 8 atom stereocenters. The fraction of sp³-hybridized carbons (Fsp3) is 1.00. The van der Waals surface area contributed by atoms with E-state index in [9.17, 15) is 0 Å². The molecule has 3 saturated carbocycles. The molecule has 3 aliphatic carbocycles. The van der Waals surface area contributed by atoms with Crippen LogP contribution in [0.4, 0.5) is 0 Å². The summed E-state index contributed by atoms with van der Waals surface area (Å²) < 4.78 is 0. The van der Waals surface area contributed by atoms with Crippen molar-refractivity contribution in [2.45, 2.75) is 95.6 Å². The second-order valence-corrected chi connectivity index (χ2v) is 10.4. The van der Waals surface area contributed by atoms with Crippen molar-refractivity contribution in [2.24, 2.45) is 35.5 Å². The highest BCUT2D eigenvalue weighted by molar-refractivity contribution is 5.02. The highest BCUT2D eigenvalue weighted by atomic mass is 15.4. The van der Waals surface area contributed by atoms with Gasteiger partial charge in [0.15, 0.2) is 0 Å². The molecule has 0 radical (unpaired) electrons. The predicted octanol–water partition coefficient (Wildman–Crippen LogP) is 4.24. The minimum absolute atomic E-state index is 0.664. The third kappa shape index (κ3) is 3.49. The topological polar surface area (TPSA) is 36.1 Å². The van der Waals surface area contributed by atoms with Crippen LogP contribution in [0.3, 0.4) is 0 Å². The van der Waals surface area contributed by atoms with E-state index < -0.39 is 0 Å². The van der Waals surface area contributed by atoms with Crippen molar-refractivity contribution < 1.29 is 0 Å². The maximum Gasteiger partial charge on any atom is 0.0397 e. The number of rotatable bonds is 0. The Kier molecular flexibility index (Phi) is 5.58. The lowest BCUT2D eigenvalue weighted by Crippen LogP contribution is -2.69. The Balaban J connectivity index is 1.50. The Morgan fingerprint density at radius 1 is 0.538 bits per heavy atom. The molecule has 2 saturated heterocycles. The quantitative estimate of drug-likeness (QED) is 0.605. The Hall–Kier alpha value is -0.120. The van der Waals surface area contributed by atoms with Crippen LogP contribution in [0.25, 0.3) is 0 Å². The average Bonchev–Trinajstić information content (AvgIpc) is 2.62. The molecule has 8 unspecified atom stereocenters. The van der Waals surface area contributed by atoms with Crippen LogP contribution in [0, 0.1) is 35.5 Å². The van der Waals surface area contributed by atoms with Crippen LogP contribution in [-0.4, -0.2) is 25.2 Å². The maximum atomic E-state index is 4.02. The molecule has 5 rings (SSSR count). The van der Waals surface area contributed by atoms with Crippen LogP contribution in [0.5, 0.6) is 0 Å². The summed E-state index contributed by atoms with van der Waals surface area (Å²) in [4.78, 5) is 0. The molecule has 0 aromatic carbocycles. The van der Waals surface area contributed by atoms with Gasteiger partial charge in [-0.2, -0.15) is 0 Å². The SMILES string of the molecule is C1CCC2CC(CC1)C1NNCC3C(CCNC31)C1CCCCC2CC1. The van der Waals surface area contributed by atoms with Crippen molar-refractivity contribution in [1.29, 1.82) is 0 Å². The van der Waals surface area contributed by atoms with E-state index in [1.165, 1.54) is 90.1 Å². The summed E-state index contributed by atoms with van der Waals surface area (Å²) in [6.45, 7) is 2.45. The lowest BCUT2D eigenvalue weighted by Gasteiger charge is -2.51. The second kappa shape index (κ2) is 8.09. The van der Waals surface area contributed by atoms with Gasteiger partial charge < -0.3 is 5.32 Å². The van der Waals surface area contributed by atoms with Gasteiger partial charge in [0.25, 0.3) is 0 Å². The van der Waals surface area contributed by atoms with Crippen LogP contribution in [0.2, 0.25) is 0 Å². The fourth-order valence-electron chi connectivity index (χ4n) is 7.90. The molecule has 0 spiro atoms. The van der Waals surface area contributed by atoms with E-state index in [0.29, 0.717) is 6.04 Å². The van der Waals surface area contributed by atoms with Gasteiger partial charge in [0.1, 0.15) is 0 Å². The summed E-state index contributed by atoms with van der Waals surface area (Å²) in [5, 5.41) is 4.02. The molecule has 0 amide bonds. The fourth-order valence-corrected chi connectivity index (χ4v) is 7.90. The summed E-state index contributed by atoms with van der Waals surface area (Å²) in [7, 11) is 0. The summed E-state index contributed by atoms with van der Waals surface area (Å²) in [6, 6.07) is 1.39. The van der Waals surface area contributed by atoms with Gasteiger partial charge >= 0.3 is 0 Å². The molecular weight excluding hydrogens is 318 g/mol. The van der Waals surface area contributed by atoms with Gasteiger partial charge in [-0.05, 0) is 74.2 Å².